The Kier molecular flexibility index (Phi) is 5.54. The van der Waals surface area contributed by atoms with E-state index in [1.54, 1.807) is 13.3 Å². The number of methoxy groups -OCH3 is 1. The average molecular weight is 297 g/mol. The van der Waals surface area contributed by atoms with Crippen LogP contribution >= 0.6 is 0 Å². The van der Waals surface area contributed by atoms with E-state index in [1.165, 1.54) is 0 Å². The first-order chi connectivity index (χ1) is 10.7. The number of carbonyl (C=O) groups is 1. The van der Waals surface area contributed by atoms with Crippen LogP contribution in [0.25, 0.3) is 0 Å². The van der Waals surface area contributed by atoms with Gasteiger partial charge in [-0.1, -0.05) is 30.3 Å². The van der Waals surface area contributed by atoms with E-state index >= 15 is 0 Å². The minimum atomic E-state index is -0.183. The third-order valence-corrected chi connectivity index (χ3v) is 3.11. The molecule has 5 heteroatoms. The van der Waals surface area contributed by atoms with E-state index in [2.05, 4.69) is 10.5 Å². The van der Waals surface area contributed by atoms with E-state index in [0.29, 0.717) is 5.75 Å². The standard InChI is InChI=1S/C17H19N3O2/c1-20(15-9-4-3-5-10-15)13-17(21)19-18-12-14-8-6-7-11-16(14)22-2/h3-12H,13H2,1-2H3,(H,19,21)/b18-12-. The van der Waals surface area contributed by atoms with Gasteiger partial charge in [0.05, 0.1) is 19.9 Å². The Hall–Kier alpha value is -2.82. The number of likely N-dealkylation sites (N-methyl/N-ethyl adjacent to an activating group) is 1. The maximum absolute atomic E-state index is 11.9. The van der Waals surface area contributed by atoms with Crippen LogP contribution in [0.3, 0.4) is 0 Å². The van der Waals surface area contributed by atoms with Crippen molar-refractivity contribution < 1.29 is 9.53 Å². The zero-order chi connectivity index (χ0) is 15.8. The molecule has 0 bridgehead atoms. The highest BCUT2D eigenvalue weighted by atomic mass is 16.5. The Morgan fingerprint density at radius 3 is 2.59 bits per heavy atom. The minimum Gasteiger partial charge on any atom is -0.496 e. The maximum atomic E-state index is 11.9. The Bertz CT molecular complexity index is 641. The van der Waals surface area contributed by atoms with Crippen molar-refractivity contribution in [1.29, 1.82) is 0 Å². The number of benzene rings is 2. The lowest BCUT2D eigenvalue weighted by Gasteiger charge is -2.17. The quantitative estimate of drug-likeness (QED) is 0.657. The predicted octanol–water partition coefficient (Wildman–Crippen LogP) is 2.28. The molecule has 0 aliphatic heterocycles. The number of rotatable bonds is 6. The van der Waals surface area contributed by atoms with Gasteiger partial charge < -0.3 is 9.64 Å². The number of hydrogen-bond acceptors (Lipinski definition) is 4. The van der Waals surface area contributed by atoms with E-state index in [0.717, 1.165) is 11.3 Å². The third-order valence-electron chi connectivity index (χ3n) is 3.11. The summed E-state index contributed by atoms with van der Waals surface area (Å²) in [7, 11) is 3.46. The number of ether oxygens (including phenoxy) is 1. The lowest BCUT2D eigenvalue weighted by atomic mass is 10.2. The summed E-state index contributed by atoms with van der Waals surface area (Å²) < 4.78 is 5.21. The number of hydrogen-bond donors (Lipinski definition) is 1. The van der Waals surface area contributed by atoms with Crippen molar-refractivity contribution in [3.8, 4) is 5.75 Å². The maximum Gasteiger partial charge on any atom is 0.259 e. The number of hydrazone groups is 1. The van der Waals surface area contributed by atoms with Crippen LogP contribution in [0.1, 0.15) is 5.56 Å². The Balaban J connectivity index is 1.89. The van der Waals surface area contributed by atoms with Crippen LogP contribution in [-0.4, -0.2) is 32.8 Å². The van der Waals surface area contributed by atoms with Crippen molar-refractivity contribution >= 4 is 17.8 Å². The Morgan fingerprint density at radius 2 is 1.86 bits per heavy atom. The number of nitrogens with one attached hydrogen (secondary N) is 1. The van der Waals surface area contributed by atoms with Gasteiger partial charge in [0, 0.05) is 18.3 Å². The molecule has 2 aromatic rings. The molecule has 0 spiro atoms. The minimum absolute atomic E-state index is 0.183. The Labute approximate surface area is 130 Å². The molecule has 5 nitrogen and oxygen atoms in total. The van der Waals surface area contributed by atoms with Crippen molar-refractivity contribution in [2.45, 2.75) is 0 Å². The van der Waals surface area contributed by atoms with E-state index in [1.807, 2.05) is 66.5 Å². The fraction of sp³-hybridized carbons (Fsp3) is 0.176. The highest BCUT2D eigenvalue weighted by Gasteiger charge is 2.06. The van der Waals surface area contributed by atoms with Gasteiger partial charge in [0.25, 0.3) is 5.91 Å². The van der Waals surface area contributed by atoms with Gasteiger partial charge in [-0.15, -0.1) is 0 Å². The highest BCUT2D eigenvalue weighted by Crippen LogP contribution is 2.14. The van der Waals surface area contributed by atoms with Crippen molar-refractivity contribution in [2.75, 3.05) is 25.6 Å². The fourth-order valence-electron chi connectivity index (χ4n) is 1.97. The normalized spacial score (nSPS) is 10.5. The summed E-state index contributed by atoms with van der Waals surface area (Å²) >= 11 is 0. The lowest BCUT2D eigenvalue weighted by Crippen LogP contribution is -2.32. The molecule has 22 heavy (non-hydrogen) atoms. The van der Waals surface area contributed by atoms with E-state index in [4.69, 9.17) is 4.74 Å². The third kappa shape index (κ3) is 4.34. The van der Waals surface area contributed by atoms with E-state index in [-0.39, 0.29) is 12.5 Å². The SMILES string of the molecule is COc1ccccc1/C=N\NC(=O)CN(C)c1ccccc1. The van der Waals surface area contributed by atoms with Crippen LogP contribution in [-0.2, 0) is 4.79 Å². The van der Waals surface area contributed by atoms with Gasteiger partial charge in [0.15, 0.2) is 0 Å². The fourth-order valence-corrected chi connectivity index (χ4v) is 1.97. The molecule has 0 saturated carbocycles. The molecule has 114 valence electrons. The number of nitrogens with zero attached hydrogens (tertiary/aromatic N) is 2. The molecular formula is C17H19N3O2. The Morgan fingerprint density at radius 1 is 1.18 bits per heavy atom. The first-order valence-corrected chi connectivity index (χ1v) is 6.92. The van der Waals surface area contributed by atoms with Gasteiger partial charge in [-0.25, -0.2) is 5.43 Å². The van der Waals surface area contributed by atoms with Gasteiger partial charge in [-0.05, 0) is 24.3 Å². The molecular weight excluding hydrogens is 278 g/mol. The molecule has 1 N–H and O–H groups in total. The van der Waals surface area contributed by atoms with Crippen LogP contribution in [0, 0.1) is 0 Å². The molecule has 1 amide bonds. The predicted molar refractivity (Wildman–Crippen MR) is 88.4 cm³/mol. The van der Waals surface area contributed by atoms with Crippen molar-refractivity contribution in [3.05, 3.63) is 60.2 Å². The topological polar surface area (TPSA) is 53.9 Å². The molecule has 2 aromatic carbocycles. The summed E-state index contributed by atoms with van der Waals surface area (Å²) in [5, 5.41) is 3.97. The van der Waals surface area contributed by atoms with Gasteiger partial charge in [0.2, 0.25) is 0 Å². The molecule has 0 heterocycles. The van der Waals surface area contributed by atoms with Gasteiger partial charge >= 0.3 is 0 Å². The van der Waals surface area contributed by atoms with Gasteiger partial charge in [0.1, 0.15) is 5.75 Å². The molecule has 0 unspecified atom stereocenters. The van der Waals surface area contributed by atoms with Gasteiger partial charge in [-0.3, -0.25) is 4.79 Å². The van der Waals surface area contributed by atoms with E-state index in [9.17, 15) is 4.79 Å². The molecule has 0 saturated heterocycles. The second kappa shape index (κ2) is 7.83. The second-order valence-corrected chi connectivity index (χ2v) is 4.73. The number of anilines is 1. The number of amides is 1. The van der Waals surface area contributed by atoms with Crippen molar-refractivity contribution in [3.63, 3.8) is 0 Å². The summed E-state index contributed by atoms with van der Waals surface area (Å²) in [6.07, 6.45) is 1.57. The van der Waals surface area contributed by atoms with Crippen LogP contribution < -0.4 is 15.1 Å². The van der Waals surface area contributed by atoms with Crippen LogP contribution in [0.5, 0.6) is 5.75 Å². The molecule has 0 aromatic heterocycles. The number of para-hydroxylation sites is 2. The summed E-state index contributed by atoms with van der Waals surface area (Å²) in [4.78, 5) is 13.7. The van der Waals surface area contributed by atoms with Gasteiger partial charge in [-0.2, -0.15) is 5.10 Å². The summed E-state index contributed by atoms with van der Waals surface area (Å²) in [5.74, 6) is 0.527. The molecule has 2 rings (SSSR count). The van der Waals surface area contributed by atoms with Crippen molar-refractivity contribution in [2.24, 2.45) is 5.10 Å². The molecule has 0 atom stereocenters. The zero-order valence-electron chi connectivity index (χ0n) is 12.7. The van der Waals surface area contributed by atoms with Crippen LogP contribution in [0.2, 0.25) is 0 Å². The first kappa shape index (κ1) is 15.6. The first-order valence-electron chi connectivity index (χ1n) is 6.92. The van der Waals surface area contributed by atoms with Crippen LogP contribution in [0.15, 0.2) is 59.7 Å². The number of carbonyl (C=O) groups excluding carboxylic acids is 1. The summed E-state index contributed by atoms with van der Waals surface area (Å²) in [5.41, 5.74) is 4.30. The molecule has 0 aliphatic rings. The van der Waals surface area contributed by atoms with E-state index < -0.39 is 0 Å². The summed E-state index contributed by atoms with van der Waals surface area (Å²) in [6, 6.07) is 17.2. The second-order valence-electron chi connectivity index (χ2n) is 4.73. The molecule has 0 radical (unpaired) electrons. The van der Waals surface area contributed by atoms with Crippen molar-refractivity contribution in [1.82, 2.24) is 5.43 Å². The highest BCUT2D eigenvalue weighted by molar-refractivity contribution is 5.86. The molecule has 0 fully saturated rings. The smallest absolute Gasteiger partial charge is 0.259 e. The average Bonchev–Trinajstić information content (AvgIpc) is 2.56. The molecule has 0 aliphatic carbocycles. The van der Waals surface area contributed by atoms with Crippen LogP contribution in [0.4, 0.5) is 5.69 Å². The zero-order valence-corrected chi connectivity index (χ0v) is 12.7. The summed E-state index contributed by atoms with van der Waals surface area (Å²) in [6.45, 7) is 0.229. The lowest BCUT2D eigenvalue weighted by molar-refractivity contribution is -0.119. The largest absolute Gasteiger partial charge is 0.496 e. The monoisotopic (exact) mass is 297 g/mol.